The van der Waals surface area contributed by atoms with Gasteiger partial charge >= 0.3 is 0 Å². The van der Waals surface area contributed by atoms with E-state index in [4.69, 9.17) is 23.1 Å². The number of carbonyl (C=O) groups is 1. The number of amides is 1. The zero-order valence-electron chi connectivity index (χ0n) is 11.9. The van der Waals surface area contributed by atoms with Crippen LogP contribution >= 0.6 is 11.6 Å². The normalized spacial score (nSPS) is 19.3. The van der Waals surface area contributed by atoms with Crippen molar-refractivity contribution >= 4 is 28.9 Å². The van der Waals surface area contributed by atoms with Crippen LogP contribution in [0.3, 0.4) is 0 Å². The first-order chi connectivity index (χ1) is 9.43. The molecule has 0 bridgehead atoms. The van der Waals surface area contributed by atoms with E-state index in [0.29, 0.717) is 23.8 Å². The van der Waals surface area contributed by atoms with Crippen molar-refractivity contribution in [1.29, 1.82) is 0 Å². The fourth-order valence-corrected chi connectivity index (χ4v) is 3.01. The summed E-state index contributed by atoms with van der Waals surface area (Å²) in [5.41, 5.74) is 14.3. The van der Waals surface area contributed by atoms with Gasteiger partial charge in [-0.25, -0.2) is 0 Å². The molecule has 0 aromatic heterocycles. The first kappa shape index (κ1) is 14.9. The number of anilines is 2. The van der Waals surface area contributed by atoms with Gasteiger partial charge in [-0.2, -0.15) is 0 Å². The molecule has 0 aliphatic carbocycles. The van der Waals surface area contributed by atoms with Crippen molar-refractivity contribution in [2.75, 3.05) is 30.3 Å². The van der Waals surface area contributed by atoms with Gasteiger partial charge in [0.25, 0.3) is 0 Å². The number of hydrogen-bond acceptors (Lipinski definition) is 4. The molecule has 4 N–H and O–H groups in total. The van der Waals surface area contributed by atoms with Gasteiger partial charge in [-0.15, -0.1) is 0 Å². The maximum absolute atomic E-state index is 11.5. The third-order valence-electron chi connectivity index (χ3n) is 3.80. The fourth-order valence-electron chi connectivity index (χ4n) is 2.79. The van der Waals surface area contributed by atoms with Crippen molar-refractivity contribution in [3.63, 3.8) is 0 Å². The van der Waals surface area contributed by atoms with E-state index < -0.39 is 0 Å². The van der Waals surface area contributed by atoms with Gasteiger partial charge in [0.1, 0.15) is 0 Å². The summed E-state index contributed by atoms with van der Waals surface area (Å²) in [5.74, 6) is 0.113. The molecule has 1 aromatic rings. The molecule has 0 radical (unpaired) electrons. The molecule has 1 aliphatic heterocycles. The molecule has 1 saturated heterocycles. The fraction of sp³-hybridized carbons (Fsp3) is 0.500. The van der Waals surface area contributed by atoms with Crippen LogP contribution in [0.4, 0.5) is 11.4 Å². The number of halogens is 1. The molecule has 0 spiro atoms. The molecule has 0 saturated carbocycles. The van der Waals surface area contributed by atoms with E-state index >= 15 is 0 Å². The molecule has 2 rings (SSSR count). The average molecular weight is 297 g/mol. The minimum Gasteiger partial charge on any atom is -0.398 e. The van der Waals surface area contributed by atoms with Gasteiger partial charge in [0.15, 0.2) is 0 Å². The molecule has 1 aromatic carbocycles. The van der Waals surface area contributed by atoms with Crippen LogP contribution < -0.4 is 16.4 Å². The van der Waals surface area contributed by atoms with Crippen molar-refractivity contribution in [2.45, 2.75) is 26.4 Å². The Morgan fingerprint density at radius 3 is 2.70 bits per heavy atom. The largest absolute Gasteiger partial charge is 0.398 e. The van der Waals surface area contributed by atoms with E-state index in [1.54, 1.807) is 13.0 Å². The zero-order valence-corrected chi connectivity index (χ0v) is 12.7. The van der Waals surface area contributed by atoms with E-state index in [-0.39, 0.29) is 11.9 Å². The summed E-state index contributed by atoms with van der Waals surface area (Å²) in [5, 5.41) is 0.608. The van der Waals surface area contributed by atoms with Crippen LogP contribution in [0.25, 0.3) is 0 Å². The van der Waals surface area contributed by atoms with Crippen LogP contribution in [-0.2, 0) is 11.3 Å². The predicted molar refractivity (Wildman–Crippen MR) is 82.8 cm³/mol. The highest BCUT2D eigenvalue weighted by atomic mass is 35.5. The predicted octanol–water partition coefficient (Wildman–Crippen LogP) is 1.44. The number of nitrogens with zero attached hydrogens (tertiary/aromatic N) is 2. The van der Waals surface area contributed by atoms with Crippen LogP contribution in [0.15, 0.2) is 12.1 Å². The summed E-state index contributed by atoms with van der Waals surface area (Å²) in [6, 6.07) is 3.78. The lowest BCUT2D eigenvalue weighted by molar-refractivity contribution is -0.131. The number of hydrogen-bond donors (Lipinski definition) is 2. The topological polar surface area (TPSA) is 75.6 Å². The summed E-state index contributed by atoms with van der Waals surface area (Å²) in [7, 11) is 0. The van der Waals surface area contributed by atoms with Gasteiger partial charge in [-0.05, 0) is 19.1 Å². The van der Waals surface area contributed by atoms with Crippen molar-refractivity contribution in [3.05, 3.63) is 22.7 Å². The molecule has 5 nitrogen and oxygen atoms in total. The number of nitrogen functional groups attached to an aromatic ring is 1. The molecule has 20 heavy (non-hydrogen) atoms. The van der Waals surface area contributed by atoms with Gasteiger partial charge < -0.3 is 21.3 Å². The standard InChI is InChI=1S/C14H21ClN4O/c1-9-8-18(3-4-19(9)10(2)20)14-6-11(15)5-13(17)12(14)7-16/h5-6,9H,3-4,7-8,16-17H2,1-2H3. The zero-order chi connectivity index (χ0) is 14.9. The Bertz CT molecular complexity index is 520. The molecule has 1 heterocycles. The highest BCUT2D eigenvalue weighted by Crippen LogP contribution is 2.31. The molecule has 1 fully saturated rings. The van der Waals surface area contributed by atoms with Crippen molar-refractivity contribution in [2.24, 2.45) is 5.73 Å². The van der Waals surface area contributed by atoms with E-state index in [1.165, 1.54) is 0 Å². The van der Waals surface area contributed by atoms with Gasteiger partial charge in [0.05, 0.1) is 0 Å². The highest BCUT2D eigenvalue weighted by molar-refractivity contribution is 6.31. The average Bonchev–Trinajstić information content (AvgIpc) is 2.37. The van der Waals surface area contributed by atoms with Crippen molar-refractivity contribution in [1.82, 2.24) is 4.90 Å². The lowest BCUT2D eigenvalue weighted by atomic mass is 10.1. The molecular formula is C14H21ClN4O. The van der Waals surface area contributed by atoms with Gasteiger partial charge in [-0.3, -0.25) is 4.79 Å². The quantitative estimate of drug-likeness (QED) is 0.810. The van der Waals surface area contributed by atoms with Crippen LogP contribution in [0.5, 0.6) is 0 Å². The molecule has 1 atom stereocenters. The van der Waals surface area contributed by atoms with E-state index in [9.17, 15) is 4.79 Å². The number of nitrogens with two attached hydrogens (primary N) is 2. The third-order valence-corrected chi connectivity index (χ3v) is 4.02. The summed E-state index contributed by atoms with van der Waals surface area (Å²) in [4.78, 5) is 15.6. The Kier molecular flexibility index (Phi) is 4.40. The minimum atomic E-state index is 0.113. The molecule has 110 valence electrons. The first-order valence-electron chi connectivity index (χ1n) is 6.74. The Hall–Kier alpha value is -1.46. The molecular weight excluding hydrogens is 276 g/mol. The smallest absolute Gasteiger partial charge is 0.219 e. The monoisotopic (exact) mass is 296 g/mol. The maximum Gasteiger partial charge on any atom is 0.219 e. The molecule has 1 amide bonds. The summed E-state index contributed by atoms with van der Waals surface area (Å²) < 4.78 is 0. The molecule has 1 aliphatic rings. The van der Waals surface area contributed by atoms with Crippen LogP contribution in [0.2, 0.25) is 5.02 Å². The second kappa shape index (κ2) is 5.89. The Morgan fingerprint density at radius 2 is 2.15 bits per heavy atom. The second-order valence-corrected chi connectivity index (χ2v) is 5.64. The lowest BCUT2D eigenvalue weighted by Gasteiger charge is -2.41. The van der Waals surface area contributed by atoms with E-state index in [1.807, 2.05) is 17.9 Å². The van der Waals surface area contributed by atoms with E-state index in [0.717, 1.165) is 24.3 Å². The number of carbonyl (C=O) groups excluding carboxylic acids is 1. The lowest BCUT2D eigenvalue weighted by Crippen LogP contribution is -2.53. The second-order valence-electron chi connectivity index (χ2n) is 5.20. The van der Waals surface area contributed by atoms with E-state index in [2.05, 4.69) is 4.90 Å². The van der Waals surface area contributed by atoms with Crippen LogP contribution in [0.1, 0.15) is 19.4 Å². The van der Waals surface area contributed by atoms with Gasteiger partial charge in [0.2, 0.25) is 5.91 Å². The van der Waals surface area contributed by atoms with Crippen LogP contribution in [0, 0.1) is 0 Å². The Balaban J connectivity index is 2.28. The first-order valence-corrected chi connectivity index (χ1v) is 7.12. The van der Waals surface area contributed by atoms with Crippen molar-refractivity contribution < 1.29 is 4.79 Å². The number of rotatable bonds is 2. The van der Waals surface area contributed by atoms with Gasteiger partial charge in [-0.1, -0.05) is 11.6 Å². The summed E-state index contributed by atoms with van der Waals surface area (Å²) in [6.45, 7) is 6.24. The maximum atomic E-state index is 11.5. The summed E-state index contributed by atoms with van der Waals surface area (Å²) in [6.07, 6.45) is 0. The Morgan fingerprint density at radius 1 is 1.45 bits per heavy atom. The number of benzene rings is 1. The summed E-state index contributed by atoms with van der Waals surface area (Å²) >= 11 is 6.10. The van der Waals surface area contributed by atoms with Crippen LogP contribution in [-0.4, -0.2) is 36.5 Å². The van der Waals surface area contributed by atoms with Gasteiger partial charge in [0, 0.05) is 61.1 Å². The third kappa shape index (κ3) is 2.83. The molecule has 6 heteroatoms. The van der Waals surface area contributed by atoms with Crippen molar-refractivity contribution in [3.8, 4) is 0 Å². The minimum absolute atomic E-state index is 0.113. The Labute approximate surface area is 124 Å². The SMILES string of the molecule is CC(=O)N1CCN(c2cc(Cl)cc(N)c2CN)CC1C. The highest BCUT2D eigenvalue weighted by Gasteiger charge is 2.27. The molecule has 1 unspecified atom stereocenters. The number of piperazine rings is 1.